The number of nitrogens with one attached hydrogen (secondary N) is 1. The van der Waals surface area contributed by atoms with E-state index in [4.69, 9.17) is 11.6 Å². The Balaban J connectivity index is 2.01. The Morgan fingerprint density at radius 1 is 1.39 bits per heavy atom. The molecule has 0 amide bonds. The van der Waals surface area contributed by atoms with Crippen molar-refractivity contribution in [2.75, 3.05) is 11.9 Å². The van der Waals surface area contributed by atoms with Crippen molar-refractivity contribution in [3.63, 3.8) is 0 Å². The minimum Gasteiger partial charge on any atom is -0.370 e. The molecule has 2 aromatic heterocycles. The van der Waals surface area contributed by atoms with Gasteiger partial charge in [-0.3, -0.25) is 4.68 Å². The van der Waals surface area contributed by atoms with Crippen molar-refractivity contribution in [3.8, 4) is 0 Å². The second kappa shape index (κ2) is 5.87. The van der Waals surface area contributed by atoms with Crippen LogP contribution in [0.1, 0.15) is 24.6 Å². The molecule has 0 saturated heterocycles. The lowest BCUT2D eigenvalue weighted by atomic mass is 10.3. The van der Waals surface area contributed by atoms with Crippen LogP contribution in [0.3, 0.4) is 0 Å². The van der Waals surface area contributed by atoms with Gasteiger partial charge in [0, 0.05) is 18.9 Å². The summed E-state index contributed by atoms with van der Waals surface area (Å²) >= 11 is 5.97. The van der Waals surface area contributed by atoms with Gasteiger partial charge in [0.15, 0.2) is 0 Å². The van der Waals surface area contributed by atoms with Gasteiger partial charge in [-0.25, -0.2) is 4.98 Å². The molecule has 0 aliphatic carbocycles. The van der Waals surface area contributed by atoms with Crippen LogP contribution in [0.2, 0.25) is 5.02 Å². The molecule has 0 aromatic carbocycles. The molecule has 2 rings (SSSR count). The molecule has 18 heavy (non-hydrogen) atoms. The van der Waals surface area contributed by atoms with E-state index < -0.39 is 0 Å². The zero-order valence-electron chi connectivity index (χ0n) is 10.7. The minimum absolute atomic E-state index is 0.689. The lowest BCUT2D eigenvalue weighted by Gasteiger charge is -2.05. The topological polar surface area (TPSA) is 42.7 Å². The van der Waals surface area contributed by atoms with Gasteiger partial charge in [0.25, 0.3) is 0 Å². The number of hydrogen-bond acceptors (Lipinski definition) is 3. The summed E-state index contributed by atoms with van der Waals surface area (Å²) < 4.78 is 1.83. The van der Waals surface area contributed by atoms with Gasteiger partial charge in [-0.05, 0) is 25.0 Å². The summed E-state index contributed by atoms with van der Waals surface area (Å²) in [4.78, 5) is 4.36. The summed E-state index contributed by atoms with van der Waals surface area (Å²) in [6, 6.07) is 4.04. The average molecular weight is 265 g/mol. The first-order valence-electron chi connectivity index (χ1n) is 6.07. The highest BCUT2D eigenvalue weighted by Gasteiger charge is 2.03. The number of hydrogen-bond donors (Lipinski definition) is 1. The number of pyridine rings is 1. The molecule has 0 aliphatic heterocycles. The molecule has 0 saturated carbocycles. The maximum absolute atomic E-state index is 5.97. The zero-order valence-corrected chi connectivity index (χ0v) is 11.4. The number of aryl methyl sites for hydroxylation is 1. The van der Waals surface area contributed by atoms with Gasteiger partial charge in [0.1, 0.15) is 5.82 Å². The maximum atomic E-state index is 5.97. The van der Waals surface area contributed by atoms with Gasteiger partial charge < -0.3 is 5.32 Å². The van der Waals surface area contributed by atoms with Gasteiger partial charge >= 0.3 is 0 Å². The van der Waals surface area contributed by atoms with Crippen molar-refractivity contribution >= 4 is 17.4 Å². The standard InChI is InChI=1S/C13H17ClN4/c1-3-6-15-13-5-4-11(7-16-13)8-18-9-12(14)10(2)17-18/h4-5,7,9H,3,6,8H2,1-2H3,(H,15,16). The number of halogens is 1. The van der Waals surface area contributed by atoms with Gasteiger partial charge in [-0.1, -0.05) is 24.6 Å². The first kappa shape index (κ1) is 12.9. The molecule has 96 valence electrons. The van der Waals surface area contributed by atoms with E-state index in [2.05, 4.69) is 28.4 Å². The quantitative estimate of drug-likeness (QED) is 0.902. The minimum atomic E-state index is 0.689. The number of anilines is 1. The van der Waals surface area contributed by atoms with E-state index in [1.807, 2.05) is 30.1 Å². The summed E-state index contributed by atoms with van der Waals surface area (Å²) in [7, 11) is 0. The molecule has 5 heteroatoms. The Bertz CT molecular complexity index is 485. The molecule has 0 aliphatic rings. The third kappa shape index (κ3) is 3.23. The molecular weight excluding hydrogens is 248 g/mol. The lowest BCUT2D eigenvalue weighted by molar-refractivity contribution is 0.677. The Morgan fingerprint density at radius 2 is 2.22 bits per heavy atom. The van der Waals surface area contributed by atoms with Crippen LogP contribution in [0, 0.1) is 6.92 Å². The third-order valence-corrected chi connectivity index (χ3v) is 2.98. The fraction of sp³-hybridized carbons (Fsp3) is 0.385. The van der Waals surface area contributed by atoms with Crippen LogP contribution >= 0.6 is 11.6 Å². The van der Waals surface area contributed by atoms with Crippen LogP contribution in [0.4, 0.5) is 5.82 Å². The van der Waals surface area contributed by atoms with Crippen LogP contribution in [-0.2, 0) is 6.54 Å². The molecule has 0 unspecified atom stereocenters. The van der Waals surface area contributed by atoms with Crippen LogP contribution in [0.15, 0.2) is 24.5 Å². The monoisotopic (exact) mass is 264 g/mol. The number of nitrogens with zero attached hydrogens (tertiary/aromatic N) is 3. The molecule has 4 nitrogen and oxygen atoms in total. The molecule has 1 N–H and O–H groups in total. The molecule has 2 aromatic rings. The van der Waals surface area contributed by atoms with E-state index >= 15 is 0 Å². The maximum Gasteiger partial charge on any atom is 0.125 e. The van der Waals surface area contributed by atoms with E-state index in [-0.39, 0.29) is 0 Å². The normalized spacial score (nSPS) is 10.6. The summed E-state index contributed by atoms with van der Waals surface area (Å²) in [6.07, 6.45) is 4.79. The predicted octanol–water partition coefficient (Wildman–Crippen LogP) is 3.11. The average Bonchev–Trinajstić information content (AvgIpc) is 2.67. The fourth-order valence-corrected chi connectivity index (χ4v) is 1.79. The largest absolute Gasteiger partial charge is 0.370 e. The summed E-state index contributed by atoms with van der Waals surface area (Å²) in [5.41, 5.74) is 1.96. The fourth-order valence-electron chi connectivity index (χ4n) is 1.64. The lowest BCUT2D eigenvalue weighted by Crippen LogP contribution is -2.04. The Morgan fingerprint density at radius 3 is 2.78 bits per heavy atom. The van der Waals surface area contributed by atoms with Crippen molar-refractivity contribution < 1.29 is 0 Å². The summed E-state index contributed by atoms with van der Waals surface area (Å²) in [5.74, 6) is 0.912. The molecule has 2 heterocycles. The van der Waals surface area contributed by atoms with E-state index in [0.29, 0.717) is 11.6 Å². The van der Waals surface area contributed by atoms with Gasteiger partial charge in [0.2, 0.25) is 0 Å². The van der Waals surface area contributed by atoms with Crippen LogP contribution in [-0.4, -0.2) is 21.3 Å². The third-order valence-electron chi connectivity index (χ3n) is 2.61. The highest BCUT2D eigenvalue weighted by Crippen LogP contribution is 2.13. The Hall–Kier alpha value is -1.55. The second-order valence-corrected chi connectivity index (χ2v) is 4.65. The van der Waals surface area contributed by atoms with Gasteiger partial charge in [-0.15, -0.1) is 0 Å². The molecule has 0 atom stereocenters. The molecule has 0 radical (unpaired) electrons. The Labute approximate surface area is 112 Å². The molecule has 0 fully saturated rings. The number of rotatable bonds is 5. The first-order valence-corrected chi connectivity index (χ1v) is 6.45. The molecule has 0 bridgehead atoms. The highest BCUT2D eigenvalue weighted by molar-refractivity contribution is 6.31. The van der Waals surface area contributed by atoms with E-state index in [1.165, 1.54) is 0 Å². The summed E-state index contributed by atoms with van der Waals surface area (Å²) in [6.45, 7) is 5.66. The van der Waals surface area contributed by atoms with Crippen molar-refractivity contribution in [1.82, 2.24) is 14.8 Å². The number of aromatic nitrogens is 3. The van der Waals surface area contributed by atoms with Crippen LogP contribution in [0.25, 0.3) is 0 Å². The molecular formula is C13H17ClN4. The first-order chi connectivity index (χ1) is 8.69. The SMILES string of the molecule is CCCNc1ccc(Cn2cc(Cl)c(C)n2)cn1. The summed E-state index contributed by atoms with van der Waals surface area (Å²) in [5, 5.41) is 8.26. The van der Waals surface area contributed by atoms with Gasteiger partial charge in [-0.2, -0.15) is 5.10 Å². The molecule has 0 spiro atoms. The van der Waals surface area contributed by atoms with E-state index in [1.54, 1.807) is 0 Å². The van der Waals surface area contributed by atoms with Crippen LogP contribution < -0.4 is 5.32 Å². The van der Waals surface area contributed by atoms with Crippen molar-refractivity contribution in [2.45, 2.75) is 26.8 Å². The van der Waals surface area contributed by atoms with Crippen LogP contribution in [0.5, 0.6) is 0 Å². The van der Waals surface area contributed by atoms with Crippen molar-refractivity contribution in [1.29, 1.82) is 0 Å². The van der Waals surface area contributed by atoms with Crippen molar-refractivity contribution in [3.05, 3.63) is 40.8 Å². The predicted molar refractivity (Wildman–Crippen MR) is 74.1 cm³/mol. The Kier molecular flexibility index (Phi) is 4.20. The van der Waals surface area contributed by atoms with E-state index in [9.17, 15) is 0 Å². The van der Waals surface area contributed by atoms with Crippen molar-refractivity contribution in [2.24, 2.45) is 0 Å². The van der Waals surface area contributed by atoms with E-state index in [0.717, 1.165) is 30.0 Å². The second-order valence-electron chi connectivity index (χ2n) is 4.24. The highest BCUT2D eigenvalue weighted by atomic mass is 35.5. The smallest absolute Gasteiger partial charge is 0.125 e. The van der Waals surface area contributed by atoms with Gasteiger partial charge in [0.05, 0.1) is 17.3 Å². The zero-order chi connectivity index (χ0) is 13.0.